The van der Waals surface area contributed by atoms with Crippen LogP contribution < -0.4 is 0 Å². The molecular weight excluding hydrogens is 494 g/mol. The summed E-state index contributed by atoms with van der Waals surface area (Å²) in [5.74, 6) is -32.3. The molecule has 4 unspecified atom stereocenters. The summed E-state index contributed by atoms with van der Waals surface area (Å²) in [5.41, 5.74) is 0. The molecule has 2 rings (SSSR count). The van der Waals surface area contributed by atoms with Crippen molar-refractivity contribution in [2.24, 2.45) is 0 Å². The average molecular weight is 500 g/mol. The van der Waals surface area contributed by atoms with Gasteiger partial charge in [0.1, 0.15) is 13.2 Å². The van der Waals surface area contributed by atoms with E-state index in [2.05, 4.69) is 18.9 Å². The molecule has 0 radical (unpaired) electrons. The first-order valence-electron chi connectivity index (χ1n) is 7.12. The van der Waals surface area contributed by atoms with Gasteiger partial charge >= 0.3 is 42.2 Å². The fourth-order valence-corrected chi connectivity index (χ4v) is 2.40. The number of halogens is 14. The van der Waals surface area contributed by atoms with E-state index in [4.69, 9.17) is 10.2 Å². The van der Waals surface area contributed by atoms with Gasteiger partial charge in [0, 0.05) is 0 Å². The Kier molecular flexibility index (Phi) is 5.40. The lowest BCUT2D eigenvalue weighted by Gasteiger charge is -2.39. The van der Waals surface area contributed by atoms with E-state index >= 15 is 0 Å². The molecule has 2 N–H and O–H groups in total. The molecule has 4 atom stereocenters. The summed E-state index contributed by atoms with van der Waals surface area (Å²) < 4.78 is 200. The topological polar surface area (TPSA) is 77.4 Å². The van der Waals surface area contributed by atoms with Crippen molar-refractivity contribution < 1.29 is 90.6 Å². The third kappa shape index (κ3) is 3.01. The second-order valence-corrected chi connectivity index (χ2v) is 6.02. The van der Waals surface area contributed by atoms with Crippen LogP contribution in [-0.2, 0) is 18.9 Å². The lowest BCUT2D eigenvalue weighted by Crippen LogP contribution is -2.70. The molecule has 20 heteroatoms. The van der Waals surface area contributed by atoms with Crippen molar-refractivity contribution in [3.63, 3.8) is 0 Å². The van der Waals surface area contributed by atoms with Crippen LogP contribution in [0.25, 0.3) is 0 Å². The Morgan fingerprint density at radius 3 is 0.935 bits per heavy atom. The molecule has 184 valence electrons. The number of aliphatic hydroxyl groups excluding tert-OH is 2. The van der Waals surface area contributed by atoms with Crippen molar-refractivity contribution in [2.75, 3.05) is 13.2 Å². The van der Waals surface area contributed by atoms with E-state index < -0.39 is 67.0 Å². The van der Waals surface area contributed by atoms with Gasteiger partial charge in [0.2, 0.25) is 0 Å². The summed E-state index contributed by atoms with van der Waals surface area (Å²) in [6.45, 7) is -5.85. The van der Waals surface area contributed by atoms with Gasteiger partial charge in [-0.25, -0.2) is 0 Å². The van der Waals surface area contributed by atoms with E-state index in [0.29, 0.717) is 0 Å². The molecule has 0 aromatic heterocycles. The van der Waals surface area contributed by atoms with E-state index in [1.54, 1.807) is 0 Å². The number of ether oxygens (including phenoxy) is 4. The van der Waals surface area contributed by atoms with E-state index in [-0.39, 0.29) is 0 Å². The summed E-state index contributed by atoms with van der Waals surface area (Å²) in [7, 11) is 0. The highest BCUT2D eigenvalue weighted by Gasteiger charge is 2.97. The summed E-state index contributed by atoms with van der Waals surface area (Å²) in [4.78, 5) is 0. The van der Waals surface area contributed by atoms with Gasteiger partial charge in [-0.2, -0.15) is 61.5 Å². The first-order valence-corrected chi connectivity index (χ1v) is 7.12. The maximum absolute atomic E-state index is 14.5. The van der Waals surface area contributed by atoms with Crippen LogP contribution in [0.4, 0.5) is 61.5 Å². The number of aliphatic hydroxyl groups is 2. The average Bonchev–Trinajstić information content (AvgIpc) is 2.94. The van der Waals surface area contributed by atoms with Crippen molar-refractivity contribution in [2.45, 2.75) is 53.8 Å². The molecule has 2 heterocycles. The predicted molar refractivity (Wildman–Crippen MR) is 58.6 cm³/mol. The zero-order valence-electron chi connectivity index (χ0n) is 13.7. The van der Waals surface area contributed by atoms with E-state index in [0.717, 1.165) is 0 Å². The van der Waals surface area contributed by atoms with Gasteiger partial charge < -0.3 is 10.2 Å². The predicted octanol–water partition coefficient (Wildman–Crippen LogP) is 2.73. The molecule has 0 bridgehead atoms. The van der Waals surface area contributed by atoms with E-state index in [1.165, 1.54) is 0 Å². The molecule has 2 fully saturated rings. The molecule has 0 aromatic rings. The molecule has 0 aliphatic carbocycles. The number of alkyl halides is 14. The normalized spacial score (nSPS) is 41.0. The van der Waals surface area contributed by atoms with Crippen LogP contribution in [0.1, 0.15) is 0 Å². The monoisotopic (exact) mass is 500 g/mol. The highest BCUT2D eigenvalue weighted by molar-refractivity contribution is 5.13. The lowest BCUT2D eigenvalue weighted by molar-refractivity contribution is -0.453. The molecule has 6 nitrogen and oxygen atoms in total. The van der Waals surface area contributed by atoms with Gasteiger partial charge in [0.15, 0.2) is 0 Å². The first-order chi connectivity index (χ1) is 13.4. The minimum Gasteiger partial charge on any atom is -0.390 e. The van der Waals surface area contributed by atoms with Crippen LogP contribution >= 0.6 is 0 Å². The van der Waals surface area contributed by atoms with Crippen LogP contribution in [0.2, 0.25) is 0 Å². The molecule has 0 amide bonds. The zero-order chi connectivity index (χ0) is 24.7. The Labute approximate surface area is 159 Å². The van der Waals surface area contributed by atoms with Crippen molar-refractivity contribution in [3.8, 4) is 0 Å². The van der Waals surface area contributed by atoms with Gasteiger partial charge in [-0.15, -0.1) is 0 Å². The second-order valence-electron chi connectivity index (χ2n) is 6.02. The summed E-state index contributed by atoms with van der Waals surface area (Å²) >= 11 is 0. The highest BCUT2D eigenvalue weighted by Crippen LogP contribution is 2.66. The third-order valence-electron chi connectivity index (χ3n) is 4.03. The molecule has 0 aromatic carbocycles. The van der Waals surface area contributed by atoms with E-state index in [9.17, 15) is 61.5 Å². The standard InChI is InChI=1S/C11H6F14O6/c12-5(13,6(14)10(22,23)30-3(1-26,28-6)8(16,17)18)7(15)11(24,25)31-4(2-27,29-7)9(19,20)21/h26-27H,1-2H2. The zero-order valence-corrected chi connectivity index (χ0v) is 13.7. The van der Waals surface area contributed by atoms with E-state index in [1.807, 2.05) is 0 Å². The largest absolute Gasteiger partial charge is 0.446 e. The number of hydrogen-bond acceptors (Lipinski definition) is 6. The smallest absolute Gasteiger partial charge is 0.390 e. The van der Waals surface area contributed by atoms with Gasteiger partial charge in [0.05, 0.1) is 0 Å². The number of rotatable bonds is 4. The fraction of sp³-hybridized carbons (Fsp3) is 1.00. The fourth-order valence-electron chi connectivity index (χ4n) is 2.40. The van der Waals surface area contributed by atoms with Crippen molar-refractivity contribution >= 4 is 0 Å². The Morgan fingerprint density at radius 1 is 0.516 bits per heavy atom. The molecular formula is C11H6F14O6. The molecule has 2 aliphatic heterocycles. The Bertz CT molecular complexity index is 667. The first kappa shape index (κ1) is 26.0. The van der Waals surface area contributed by atoms with Gasteiger partial charge in [-0.1, -0.05) is 0 Å². The highest BCUT2D eigenvalue weighted by atomic mass is 19.4. The van der Waals surface area contributed by atoms with Crippen molar-refractivity contribution in [1.29, 1.82) is 0 Å². The van der Waals surface area contributed by atoms with Crippen molar-refractivity contribution in [1.82, 2.24) is 0 Å². The van der Waals surface area contributed by atoms with Gasteiger partial charge in [-0.3, -0.25) is 18.9 Å². The maximum atomic E-state index is 14.5. The second kappa shape index (κ2) is 6.43. The van der Waals surface area contributed by atoms with Crippen molar-refractivity contribution in [3.05, 3.63) is 0 Å². The summed E-state index contributed by atoms with van der Waals surface area (Å²) in [6, 6.07) is 0. The quantitative estimate of drug-likeness (QED) is 0.579. The Hall–Kier alpha value is -1.22. The Morgan fingerprint density at radius 2 is 0.774 bits per heavy atom. The van der Waals surface area contributed by atoms with Crippen LogP contribution in [-0.4, -0.2) is 77.2 Å². The van der Waals surface area contributed by atoms with Gasteiger partial charge in [0.25, 0.3) is 11.6 Å². The molecule has 0 spiro atoms. The summed E-state index contributed by atoms with van der Waals surface area (Å²) in [6.07, 6.45) is -26.5. The SMILES string of the molecule is OCC1(C(F)(F)F)OC(F)(F)C(F)(C(F)(F)C2(F)OC(CO)(C(F)(F)F)OC2(F)F)O1. The van der Waals surface area contributed by atoms with Crippen LogP contribution in [0.15, 0.2) is 0 Å². The van der Waals surface area contributed by atoms with Crippen LogP contribution in [0.3, 0.4) is 0 Å². The lowest BCUT2D eigenvalue weighted by atomic mass is 10.00. The Balaban J connectivity index is 2.69. The summed E-state index contributed by atoms with van der Waals surface area (Å²) in [5, 5.41) is 17.1. The van der Waals surface area contributed by atoms with Crippen LogP contribution in [0.5, 0.6) is 0 Å². The molecule has 2 aliphatic rings. The molecule has 31 heavy (non-hydrogen) atoms. The molecule has 2 saturated heterocycles. The minimum atomic E-state index is -7.50. The maximum Gasteiger partial charge on any atom is 0.446 e. The third-order valence-corrected chi connectivity index (χ3v) is 4.03. The number of hydrogen-bond donors (Lipinski definition) is 2. The minimum absolute atomic E-state index is 2.61. The van der Waals surface area contributed by atoms with Crippen LogP contribution in [0, 0.1) is 0 Å². The molecule has 0 saturated carbocycles. The van der Waals surface area contributed by atoms with Gasteiger partial charge in [-0.05, 0) is 0 Å².